The third kappa shape index (κ3) is 4.53. The van der Waals surface area contributed by atoms with Crippen LogP contribution in [0.15, 0.2) is 23.0 Å². The van der Waals surface area contributed by atoms with Gasteiger partial charge < -0.3 is 10.6 Å². The zero-order chi connectivity index (χ0) is 15.1. The van der Waals surface area contributed by atoms with Gasteiger partial charge in [0.15, 0.2) is 0 Å². The summed E-state index contributed by atoms with van der Waals surface area (Å²) in [5.41, 5.74) is 4.40. The summed E-state index contributed by atoms with van der Waals surface area (Å²) < 4.78 is 0. The van der Waals surface area contributed by atoms with Crippen molar-refractivity contribution >= 4 is 23.1 Å². The maximum Gasteiger partial charge on any atom is 0.251 e. The minimum atomic E-state index is -0.0681. The van der Waals surface area contributed by atoms with Crippen LogP contribution in [0.25, 0.3) is 0 Å². The highest BCUT2D eigenvalue weighted by Crippen LogP contribution is 2.12. The fraction of sp³-hybridized carbons (Fsp3) is 0.400. The standard InChI is InChI=1S/C15H20N4OS/c1-3-4-12-7-11(8-14(16-2)19-12)15(20)17-6-5-13-9-21-10-18-13/h7-10H,3-6H2,1-2H3,(H,16,19)(H,17,20). The zero-order valence-corrected chi connectivity index (χ0v) is 13.2. The van der Waals surface area contributed by atoms with E-state index in [0.29, 0.717) is 12.1 Å². The molecular formula is C15H20N4OS. The van der Waals surface area contributed by atoms with Gasteiger partial charge in [-0.1, -0.05) is 13.3 Å². The highest BCUT2D eigenvalue weighted by atomic mass is 32.1. The van der Waals surface area contributed by atoms with Gasteiger partial charge in [-0.2, -0.15) is 0 Å². The molecule has 0 aromatic carbocycles. The maximum atomic E-state index is 12.2. The summed E-state index contributed by atoms with van der Waals surface area (Å²) in [4.78, 5) is 20.9. The van der Waals surface area contributed by atoms with Crippen LogP contribution < -0.4 is 10.6 Å². The number of aromatic nitrogens is 2. The molecule has 0 radical (unpaired) electrons. The number of nitrogens with one attached hydrogen (secondary N) is 2. The van der Waals surface area contributed by atoms with E-state index in [9.17, 15) is 4.79 Å². The molecule has 6 heteroatoms. The molecule has 0 saturated heterocycles. The molecule has 2 heterocycles. The topological polar surface area (TPSA) is 66.9 Å². The first-order valence-corrected chi connectivity index (χ1v) is 8.01. The van der Waals surface area contributed by atoms with Crippen molar-refractivity contribution in [3.05, 3.63) is 40.0 Å². The van der Waals surface area contributed by atoms with Crippen molar-refractivity contribution in [2.75, 3.05) is 18.9 Å². The largest absolute Gasteiger partial charge is 0.373 e. The Kier molecular flexibility index (Phi) is 5.68. The summed E-state index contributed by atoms with van der Waals surface area (Å²) in [7, 11) is 1.81. The molecule has 0 saturated carbocycles. The van der Waals surface area contributed by atoms with E-state index in [1.165, 1.54) is 0 Å². The molecule has 5 nitrogen and oxygen atoms in total. The second kappa shape index (κ2) is 7.73. The van der Waals surface area contributed by atoms with Gasteiger partial charge in [0.1, 0.15) is 5.82 Å². The van der Waals surface area contributed by atoms with Crippen molar-refractivity contribution in [3.63, 3.8) is 0 Å². The lowest BCUT2D eigenvalue weighted by Gasteiger charge is -2.09. The van der Waals surface area contributed by atoms with Crippen molar-refractivity contribution in [2.24, 2.45) is 0 Å². The van der Waals surface area contributed by atoms with Gasteiger partial charge >= 0.3 is 0 Å². The SMILES string of the molecule is CCCc1cc(C(=O)NCCc2cscn2)cc(NC)n1. The van der Waals surface area contributed by atoms with Crippen LogP contribution in [0.5, 0.6) is 0 Å². The summed E-state index contributed by atoms with van der Waals surface area (Å²) in [5, 5.41) is 7.92. The Bertz CT molecular complexity index is 583. The molecule has 0 aliphatic rings. The summed E-state index contributed by atoms with van der Waals surface area (Å²) in [5.74, 6) is 0.659. The molecule has 21 heavy (non-hydrogen) atoms. The molecule has 2 rings (SSSR count). The number of anilines is 1. The summed E-state index contributed by atoms with van der Waals surface area (Å²) in [6, 6.07) is 3.64. The second-order valence-electron chi connectivity index (χ2n) is 4.72. The molecule has 0 atom stereocenters. The number of amides is 1. The van der Waals surface area contributed by atoms with Crippen molar-refractivity contribution < 1.29 is 4.79 Å². The van der Waals surface area contributed by atoms with Crippen LogP contribution in [0.4, 0.5) is 5.82 Å². The van der Waals surface area contributed by atoms with Gasteiger partial charge in [0.25, 0.3) is 5.91 Å². The first kappa shape index (κ1) is 15.4. The smallest absolute Gasteiger partial charge is 0.251 e. The van der Waals surface area contributed by atoms with Crippen molar-refractivity contribution in [3.8, 4) is 0 Å². The third-order valence-corrected chi connectivity index (χ3v) is 3.69. The van der Waals surface area contributed by atoms with Crippen molar-refractivity contribution in [2.45, 2.75) is 26.2 Å². The molecule has 2 aromatic rings. The number of carbonyl (C=O) groups excluding carboxylic acids is 1. The van der Waals surface area contributed by atoms with Crippen LogP contribution in [0.1, 0.15) is 35.1 Å². The van der Waals surface area contributed by atoms with E-state index < -0.39 is 0 Å². The molecule has 0 fully saturated rings. The van der Waals surface area contributed by atoms with E-state index in [1.54, 1.807) is 22.9 Å². The Morgan fingerprint density at radius 3 is 2.81 bits per heavy atom. The second-order valence-corrected chi connectivity index (χ2v) is 5.44. The highest BCUT2D eigenvalue weighted by Gasteiger charge is 2.09. The van der Waals surface area contributed by atoms with Crippen LogP contribution in [-0.2, 0) is 12.8 Å². The molecule has 0 bridgehead atoms. The monoisotopic (exact) mass is 304 g/mol. The van der Waals surface area contributed by atoms with E-state index in [1.807, 2.05) is 18.5 Å². The molecule has 0 spiro atoms. The lowest BCUT2D eigenvalue weighted by molar-refractivity contribution is 0.0954. The first-order chi connectivity index (χ1) is 10.2. The number of hydrogen-bond acceptors (Lipinski definition) is 5. The molecule has 2 N–H and O–H groups in total. The lowest BCUT2D eigenvalue weighted by atomic mass is 10.1. The van der Waals surface area contributed by atoms with Gasteiger partial charge in [-0.25, -0.2) is 9.97 Å². The minimum Gasteiger partial charge on any atom is -0.373 e. The number of nitrogens with zero attached hydrogens (tertiary/aromatic N) is 2. The van der Waals surface area contributed by atoms with Crippen LogP contribution in [0.2, 0.25) is 0 Å². The Labute approximate surface area is 128 Å². The van der Waals surface area contributed by atoms with E-state index in [0.717, 1.165) is 36.5 Å². The molecule has 2 aromatic heterocycles. The summed E-state index contributed by atoms with van der Waals surface area (Å²) in [6.07, 6.45) is 2.63. The summed E-state index contributed by atoms with van der Waals surface area (Å²) >= 11 is 1.57. The Morgan fingerprint density at radius 2 is 2.14 bits per heavy atom. The number of aryl methyl sites for hydroxylation is 1. The number of pyridine rings is 1. The number of carbonyl (C=O) groups is 1. The first-order valence-electron chi connectivity index (χ1n) is 7.07. The van der Waals surface area contributed by atoms with E-state index in [4.69, 9.17) is 0 Å². The average molecular weight is 304 g/mol. The molecule has 0 aliphatic heterocycles. The maximum absolute atomic E-state index is 12.2. The summed E-state index contributed by atoms with van der Waals surface area (Å²) in [6.45, 7) is 2.68. The molecule has 112 valence electrons. The number of rotatable bonds is 7. The van der Waals surface area contributed by atoms with Crippen LogP contribution >= 0.6 is 11.3 Å². The normalized spacial score (nSPS) is 10.4. The minimum absolute atomic E-state index is 0.0681. The third-order valence-electron chi connectivity index (χ3n) is 3.05. The molecule has 0 unspecified atom stereocenters. The number of hydrogen-bond donors (Lipinski definition) is 2. The molecular weight excluding hydrogens is 284 g/mol. The van der Waals surface area contributed by atoms with Gasteiger partial charge in [-0.15, -0.1) is 11.3 Å². The van der Waals surface area contributed by atoms with Crippen molar-refractivity contribution in [1.29, 1.82) is 0 Å². The van der Waals surface area contributed by atoms with Crippen LogP contribution in [-0.4, -0.2) is 29.5 Å². The van der Waals surface area contributed by atoms with E-state index in [2.05, 4.69) is 27.5 Å². The molecule has 0 aliphatic carbocycles. The van der Waals surface area contributed by atoms with Gasteiger partial charge in [0.2, 0.25) is 0 Å². The fourth-order valence-electron chi connectivity index (χ4n) is 2.00. The highest BCUT2D eigenvalue weighted by molar-refractivity contribution is 7.07. The predicted octanol–water partition coefficient (Wildman–Crippen LogP) is 2.50. The lowest BCUT2D eigenvalue weighted by Crippen LogP contribution is -2.26. The number of thiazole rings is 1. The van der Waals surface area contributed by atoms with Gasteiger partial charge in [0, 0.05) is 36.7 Å². The van der Waals surface area contributed by atoms with Gasteiger partial charge in [0.05, 0.1) is 11.2 Å². The van der Waals surface area contributed by atoms with E-state index >= 15 is 0 Å². The van der Waals surface area contributed by atoms with Crippen LogP contribution in [0, 0.1) is 0 Å². The Morgan fingerprint density at radius 1 is 1.29 bits per heavy atom. The van der Waals surface area contributed by atoms with E-state index in [-0.39, 0.29) is 5.91 Å². The van der Waals surface area contributed by atoms with Crippen LogP contribution in [0.3, 0.4) is 0 Å². The Balaban J connectivity index is 1.98. The molecule has 1 amide bonds. The zero-order valence-electron chi connectivity index (χ0n) is 12.3. The Hall–Kier alpha value is -1.95. The fourth-order valence-corrected chi connectivity index (χ4v) is 2.59. The predicted molar refractivity (Wildman–Crippen MR) is 85.9 cm³/mol. The average Bonchev–Trinajstić information content (AvgIpc) is 3.00. The van der Waals surface area contributed by atoms with Gasteiger partial charge in [-0.05, 0) is 18.6 Å². The van der Waals surface area contributed by atoms with Crippen molar-refractivity contribution in [1.82, 2.24) is 15.3 Å². The quantitative estimate of drug-likeness (QED) is 0.825. The van der Waals surface area contributed by atoms with Gasteiger partial charge in [-0.3, -0.25) is 4.79 Å².